The lowest BCUT2D eigenvalue weighted by Crippen LogP contribution is -2.30. The maximum Gasteiger partial charge on any atom is 0.159 e. The molecule has 0 radical (unpaired) electrons. The Morgan fingerprint density at radius 1 is 1.00 bits per heavy atom. The van der Waals surface area contributed by atoms with E-state index in [0.29, 0.717) is 0 Å². The average molecular weight is 400 g/mol. The van der Waals surface area contributed by atoms with E-state index in [2.05, 4.69) is 46.1 Å². The molecular weight excluding hydrogens is 378 g/mol. The first-order valence-electron chi connectivity index (χ1n) is 9.75. The predicted octanol–water partition coefficient (Wildman–Crippen LogP) is 4.53. The Kier molecular flexibility index (Phi) is 4.87. The lowest BCUT2D eigenvalue weighted by molar-refractivity contribution is 0.245. The number of pyridine rings is 1. The van der Waals surface area contributed by atoms with Crippen LogP contribution in [-0.4, -0.2) is 31.4 Å². The monoisotopic (exact) mass is 399 g/mol. The van der Waals surface area contributed by atoms with Crippen molar-refractivity contribution < 1.29 is 0 Å². The van der Waals surface area contributed by atoms with Crippen LogP contribution < -0.4 is 0 Å². The minimum absolute atomic E-state index is 0.782. The second-order valence-electron chi connectivity index (χ2n) is 7.23. The fourth-order valence-electron chi connectivity index (χ4n) is 3.75. The molecule has 0 aliphatic carbocycles. The Morgan fingerprint density at radius 2 is 1.83 bits per heavy atom. The summed E-state index contributed by atoms with van der Waals surface area (Å²) < 4.78 is 0. The zero-order valence-electron chi connectivity index (χ0n) is 16.2. The lowest BCUT2D eigenvalue weighted by Gasteiger charge is -2.27. The van der Waals surface area contributed by atoms with Crippen molar-refractivity contribution in [3.05, 3.63) is 82.2 Å². The third-order valence-electron chi connectivity index (χ3n) is 5.17. The van der Waals surface area contributed by atoms with Crippen molar-refractivity contribution >= 4 is 11.3 Å². The summed E-state index contributed by atoms with van der Waals surface area (Å²) in [6.07, 6.45) is 6.48. The first-order valence-corrected chi connectivity index (χ1v) is 10.6. The molecular formula is C23H21N5S. The largest absolute Gasteiger partial charge is 0.293 e. The van der Waals surface area contributed by atoms with Crippen molar-refractivity contribution in [2.45, 2.75) is 26.4 Å². The van der Waals surface area contributed by atoms with Gasteiger partial charge in [0.2, 0.25) is 0 Å². The fourth-order valence-corrected chi connectivity index (χ4v) is 4.75. The highest BCUT2D eigenvalue weighted by molar-refractivity contribution is 7.12. The van der Waals surface area contributed by atoms with E-state index in [1.54, 1.807) is 23.7 Å². The summed E-state index contributed by atoms with van der Waals surface area (Å²) >= 11 is 1.79. The van der Waals surface area contributed by atoms with E-state index in [1.807, 2.05) is 24.4 Å². The van der Waals surface area contributed by atoms with Gasteiger partial charge in [0.25, 0.3) is 0 Å². The average Bonchev–Trinajstić information content (AvgIpc) is 3.14. The SMILES string of the molecule is Cc1nc(-c2ccccc2)c(CN2CCc3nc(-c4ccncc4)ncc3C2)s1. The Morgan fingerprint density at radius 3 is 2.66 bits per heavy atom. The Bertz CT molecular complexity index is 1120. The van der Waals surface area contributed by atoms with E-state index in [4.69, 9.17) is 9.97 Å². The summed E-state index contributed by atoms with van der Waals surface area (Å²) in [6, 6.07) is 14.4. The van der Waals surface area contributed by atoms with Crippen molar-refractivity contribution in [2.75, 3.05) is 6.54 Å². The molecule has 0 bridgehead atoms. The molecule has 3 aromatic heterocycles. The Labute approximate surface area is 174 Å². The maximum atomic E-state index is 4.82. The fraction of sp³-hybridized carbons (Fsp3) is 0.217. The van der Waals surface area contributed by atoms with E-state index in [-0.39, 0.29) is 0 Å². The number of aromatic nitrogens is 4. The molecule has 1 aliphatic heterocycles. The van der Waals surface area contributed by atoms with E-state index >= 15 is 0 Å². The molecule has 144 valence electrons. The number of benzene rings is 1. The van der Waals surface area contributed by atoms with Crippen LogP contribution in [0.25, 0.3) is 22.6 Å². The van der Waals surface area contributed by atoms with E-state index in [9.17, 15) is 0 Å². The number of thiazole rings is 1. The summed E-state index contributed by atoms with van der Waals surface area (Å²) in [5, 5.41) is 1.11. The topological polar surface area (TPSA) is 54.8 Å². The summed E-state index contributed by atoms with van der Waals surface area (Å²) in [5.41, 5.74) is 5.69. The van der Waals surface area contributed by atoms with Gasteiger partial charge in [-0.25, -0.2) is 15.0 Å². The molecule has 0 amide bonds. The summed E-state index contributed by atoms with van der Waals surface area (Å²) in [4.78, 5) is 22.1. The van der Waals surface area contributed by atoms with Crippen LogP contribution in [0.3, 0.4) is 0 Å². The Balaban J connectivity index is 1.36. The molecule has 4 heterocycles. The van der Waals surface area contributed by atoms with Gasteiger partial charge in [-0.15, -0.1) is 11.3 Å². The molecule has 0 N–H and O–H groups in total. The molecule has 5 rings (SSSR count). The highest BCUT2D eigenvalue weighted by Crippen LogP contribution is 2.30. The second-order valence-corrected chi connectivity index (χ2v) is 8.52. The predicted molar refractivity (Wildman–Crippen MR) is 115 cm³/mol. The summed E-state index contributed by atoms with van der Waals surface area (Å²) in [6.45, 7) is 4.85. The minimum atomic E-state index is 0.782. The normalized spacial score (nSPS) is 14.0. The van der Waals surface area contributed by atoms with Gasteiger partial charge in [0, 0.05) is 66.2 Å². The van der Waals surface area contributed by atoms with Crippen molar-refractivity contribution in [3.63, 3.8) is 0 Å². The van der Waals surface area contributed by atoms with Crippen LogP contribution in [0.2, 0.25) is 0 Å². The first kappa shape index (κ1) is 18.1. The van der Waals surface area contributed by atoms with Crippen LogP contribution in [-0.2, 0) is 19.5 Å². The molecule has 29 heavy (non-hydrogen) atoms. The van der Waals surface area contributed by atoms with Crippen LogP contribution in [0, 0.1) is 6.92 Å². The third kappa shape index (κ3) is 3.81. The summed E-state index contributed by atoms with van der Waals surface area (Å²) in [7, 11) is 0. The van der Waals surface area contributed by atoms with Gasteiger partial charge < -0.3 is 0 Å². The third-order valence-corrected chi connectivity index (χ3v) is 6.13. The van der Waals surface area contributed by atoms with Crippen molar-refractivity contribution in [2.24, 2.45) is 0 Å². The van der Waals surface area contributed by atoms with E-state index in [0.717, 1.165) is 53.8 Å². The summed E-state index contributed by atoms with van der Waals surface area (Å²) in [5.74, 6) is 0.782. The van der Waals surface area contributed by atoms with Crippen molar-refractivity contribution in [1.82, 2.24) is 24.8 Å². The molecule has 0 spiro atoms. The van der Waals surface area contributed by atoms with Crippen molar-refractivity contribution in [1.29, 1.82) is 0 Å². The smallest absolute Gasteiger partial charge is 0.159 e. The van der Waals surface area contributed by atoms with E-state index < -0.39 is 0 Å². The van der Waals surface area contributed by atoms with Crippen LogP contribution in [0.5, 0.6) is 0 Å². The van der Waals surface area contributed by atoms with E-state index in [1.165, 1.54) is 16.0 Å². The van der Waals surface area contributed by atoms with Gasteiger partial charge in [0.05, 0.1) is 16.4 Å². The zero-order chi connectivity index (χ0) is 19.6. The molecule has 0 saturated heterocycles. The molecule has 0 unspecified atom stereocenters. The van der Waals surface area contributed by atoms with Crippen LogP contribution >= 0.6 is 11.3 Å². The standard InChI is InChI=1S/C23H21N5S/c1-16-26-22(17-5-3-2-4-6-17)21(29-16)15-28-12-9-20-19(14-28)13-25-23(27-20)18-7-10-24-11-8-18/h2-8,10-11,13H,9,12,14-15H2,1H3. The number of hydrogen-bond donors (Lipinski definition) is 0. The molecule has 0 saturated carbocycles. The highest BCUT2D eigenvalue weighted by atomic mass is 32.1. The molecule has 1 aromatic carbocycles. The quantitative estimate of drug-likeness (QED) is 0.505. The van der Waals surface area contributed by atoms with Gasteiger partial charge >= 0.3 is 0 Å². The van der Waals surface area contributed by atoms with Crippen molar-refractivity contribution in [3.8, 4) is 22.6 Å². The number of nitrogens with zero attached hydrogens (tertiary/aromatic N) is 5. The minimum Gasteiger partial charge on any atom is -0.293 e. The molecule has 1 aliphatic rings. The first-order chi connectivity index (χ1) is 14.3. The Hall–Kier alpha value is -2.96. The van der Waals surface area contributed by atoms with Gasteiger partial charge in [-0.1, -0.05) is 30.3 Å². The van der Waals surface area contributed by atoms with Gasteiger partial charge in [0.1, 0.15) is 0 Å². The lowest BCUT2D eigenvalue weighted by atomic mass is 10.1. The van der Waals surface area contributed by atoms with Gasteiger partial charge in [0.15, 0.2) is 5.82 Å². The molecule has 5 nitrogen and oxygen atoms in total. The molecule has 0 fully saturated rings. The maximum absolute atomic E-state index is 4.82. The number of rotatable bonds is 4. The van der Waals surface area contributed by atoms with Gasteiger partial charge in [-0.05, 0) is 19.1 Å². The highest BCUT2D eigenvalue weighted by Gasteiger charge is 2.21. The molecule has 6 heteroatoms. The van der Waals surface area contributed by atoms with Crippen LogP contribution in [0.1, 0.15) is 21.1 Å². The second kappa shape index (κ2) is 7.81. The van der Waals surface area contributed by atoms with Gasteiger partial charge in [-0.2, -0.15) is 0 Å². The molecule has 0 atom stereocenters. The molecule has 4 aromatic rings. The van der Waals surface area contributed by atoms with Crippen LogP contribution in [0.15, 0.2) is 61.1 Å². The number of hydrogen-bond acceptors (Lipinski definition) is 6. The number of fused-ring (bicyclic) bond motifs is 1. The van der Waals surface area contributed by atoms with Crippen LogP contribution in [0.4, 0.5) is 0 Å². The zero-order valence-corrected chi connectivity index (χ0v) is 17.1. The number of aryl methyl sites for hydroxylation is 1. The van der Waals surface area contributed by atoms with Gasteiger partial charge in [-0.3, -0.25) is 9.88 Å².